The van der Waals surface area contributed by atoms with Crippen molar-refractivity contribution in [3.63, 3.8) is 0 Å². The van der Waals surface area contributed by atoms with Gasteiger partial charge in [-0.05, 0) is 26.7 Å². The molecule has 1 heterocycles. The highest BCUT2D eigenvalue weighted by atomic mass is 16.1. The predicted octanol–water partition coefficient (Wildman–Crippen LogP) is 1.51. The highest BCUT2D eigenvalue weighted by Crippen LogP contribution is 2.19. The Kier molecular flexibility index (Phi) is 4.01. The molecule has 0 spiro atoms. The molecule has 0 aromatic carbocycles. The number of nitrogens with one attached hydrogen (secondary N) is 1. The van der Waals surface area contributed by atoms with Crippen molar-refractivity contribution in [2.45, 2.75) is 57.7 Å². The van der Waals surface area contributed by atoms with Gasteiger partial charge in [0.05, 0.1) is 0 Å². The van der Waals surface area contributed by atoms with Gasteiger partial charge in [0, 0.05) is 30.5 Å². The fraction of sp³-hybridized carbons (Fsp3) is 0.692. The van der Waals surface area contributed by atoms with Crippen LogP contribution in [0.1, 0.15) is 45.6 Å². The Balaban J connectivity index is 2.18. The fourth-order valence-corrected chi connectivity index (χ4v) is 2.44. The summed E-state index contributed by atoms with van der Waals surface area (Å²) in [5.41, 5.74) is 6.01. The molecule has 0 saturated heterocycles. The third kappa shape index (κ3) is 2.72. The van der Waals surface area contributed by atoms with Crippen LogP contribution in [0, 0.1) is 0 Å². The molecule has 0 amide bonds. The van der Waals surface area contributed by atoms with Crippen molar-refractivity contribution in [1.82, 2.24) is 9.55 Å². The summed E-state index contributed by atoms with van der Waals surface area (Å²) >= 11 is 0. The van der Waals surface area contributed by atoms with E-state index in [1.54, 1.807) is 17.0 Å². The van der Waals surface area contributed by atoms with Crippen LogP contribution < -0.4 is 16.6 Å². The minimum atomic E-state index is -0.0646. The lowest BCUT2D eigenvalue weighted by Gasteiger charge is -2.29. The summed E-state index contributed by atoms with van der Waals surface area (Å²) in [4.78, 5) is 16.3. The van der Waals surface area contributed by atoms with Gasteiger partial charge in [0.15, 0.2) is 5.82 Å². The van der Waals surface area contributed by atoms with Gasteiger partial charge in [-0.1, -0.05) is 12.8 Å². The normalized spacial score (nSPS) is 24.2. The van der Waals surface area contributed by atoms with Gasteiger partial charge < -0.3 is 15.6 Å². The minimum Gasteiger partial charge on any atom is -0.361 e. The van der Waals surface area contributed by atoms with Gasteiger partial charge in [-0.25, -0.2) is 4.98 Å². The summed E-state index contributed by atoms with van der Waals surface area (Å²) in [5.74, 6) is 0.425. The summed E-state index contributed by atoms with van der Waals surface area (Å²) in [7, 11) is 0. The van der Waals surface area contributed by atoms with Crippen LogP contribution in [0.15, 0.2) is 17.2 Å². The molecule has 1 saturated carbocycles. The number of nitrogens with zero attached hydrogens (tertiary/aromatic N) is 2. The molecule has 0 radical (unpaired) electrons. The maximum atomic E-state index is 12.2. The lowest BCUT2D eigenvalue weighted by molar-refractivity contribution is 0.402. The molecular formula is C13H22N4O. The molecule has 1 aromatic rings. The lowest BCUT2D eigenvalue weighted by atomic mass is 9.91. The van der Waals surface area contributed by atoms with Crippen LogP contribution in [0.25, 0.3) is 0 Å². The van der Waals surface area contributed by atoms with E-state index >= 15 is 0 Å². The molecule has 100 valence electrons. The average Bonchev–Trinajstić information content (AvgIpc) is 2.34. The maximum Gasteiger partial charge on any atom is 0.293 e. The van der Waals surface area contributed by atoms with Gasteiger partial charge in [-0.15, -0.1) is 0 Å². The lowest BCUT2D eigenvalue weighted by Crippen LogP contribution is -2.44. The van der Waals surface area contributed by atoms with Gasteiger partial charge >= 0.3 is 0 Å². The predicted molar refractivity (Wildman–Crippen MR) is 72.7 cm³/mol. The molecule has 0 bridgehead atoms. The van der Waals surface area contributed by atoms with Gasteiger partial charge in [0.1, 0.15) is 0 Å². The van der Waals surface area contributed by atoms with E-state index in [0.717, 1.165) is 19.3 Å². The molecule has 0 aliphatic heterocycles. The summed E-state index contributed by atoms with van der Waals surface area (Å²) in [6.45, 7) is 3.97. The zero-order chi connectivity index (χ0) is 13.1. The van der Waals surface area contributed by atoms with E-state index in [1.165, 1.54) is 6.42 Å². The zero-order valence-corrected chi connectivity index (χ0v) is 11.1. The number of hydrogen-bond donors (Lipinski definition) is 2. The molecule has 1 aliphatic rings. The third-order valence-corrected chi connectivity index (χ3v) is 3.57. The van der Waals surface area contributed by atoms with Crippen LogP contribution in [0.3, 0.4) is 0 Å². The van der Waals surface area contributed by atoms with E-state index in [9.17, 15) is 4.79 Å². The first kappa shape index (κ1) is 13.1. The first-order valence-electron chi connectivity index (χ1n) is 6.69. The van der Waals surface area contributed by atoms with Crippen LogP contribution in [-0.2, 0) is 0 Å². The van der Waals surface area contributed by atoms with Crippen molar-refractivity contribution in [3.05, 3.63) is 22.7 Å². The van der Waals surface area contributed by atoms with Gasteiger partial charge in [-0.2, -0.15) is 0 Å². The SMILES string of the molecule is CC(C)n1ccnc(NC2CCCCC2N)c1=O. The van der Waals surface area contributed by atoms with E-state index in [1.807, 2.05) is 13.8 Å². The van der Waals surface area contributed by atoms with Crippen LogP contribution in [0.4, 0.5) is 5.82 Å². The largest absolute Gasteiger partial charge is 0.361 e. The Morgan fingerprint density at radius 1 is 1.44 bits per heavy atom. The number of nitrogens with two attached hydrogens (primary N) is 1. The number of aromatic nitrogens is 2. The Morgan fingerprint density at radius 3 is 2.83 bits per heavy atom. The summed E-state index contributed by atoms with van der Waals surface area (Å²) in [6, 6.07) is 0.427. The van der Waals surface area contributed by atoms with Gasteiger partial charge in [-0.3, -0.25) is 4.79 Å². The average molecular weight is 250 g/mol. The molecule has 3 N–H and O–H groups in total. The molecule has 1 aromatic heterocycles. The van der Waals surface area contributed by atoms with Crippen molar-refractivity contribution in [3.8, 4) is 0 Å². The first-order chi connectivity index (χ1) is 8.59. The fourth-order valence-electron chi connectivity index (χ4n) is 2.44. The minimum absolute atomic E-state index is 0.0646. The zero-order valence-electron chi connectivity index (χ0n) is 11.1. The Labute approximate surface area is 107 Å². The summed E-state index contributed by atoms with van der Waals surface area (Å²) < 4.78 is 1.68. The smallest absolute Gasteiger partial charge is 0.293 e. The molecule has 1 aliphatic carbocycles. The second-order valence-electron chi connectivity index (χ2n) is 5.28. The van der Waals surface area contributed by atoms with Crippen LogP contribution in [-0.4, -0.2) is 21.6 Å². The molecule has 2 rings (SSSR count). The standard InChI is InChI=1S/C13H22N4O/c1-9(2)17-8-7-15-12(13(17)18)16-11-6-4-3-5-10(11)14/h7-11H,3-6,14H2,1-2H3,(H,15,16). The number of hydrogen-bond acceptors (Lipinski definition) is 4. The van der Waals surface area contributed by atoms with Crippen molar-refractivity contribution in [2.75, 3.05) is 5.32 Å². The summed E-state index contributed by atoms with van der Waals surface area (Å²) in [5, 5.41) is 3.22. The molecule has 5 nitrogen and oxygen atoms in total. The van der Waals surface area contributed by atoms with E-state index < -0.39 is 0 Å². The van der Waals surface area contributed by atoms with E-state index in [-0.39, 0.29) is 23.7 Å². The third-order valence-electron chi connectivity index (χ3n) is 3.57. The van der Waals surface area contributed by atoms with Crippen molar-refractivity contribution in [1.29, 1.82) is 0 Å². The highest BCUT2D eigenvalue weighted by Gasteiger charge is 2.23. The van der Waals surface area contributed by atoms with Gasteiger partial charge in [0.25, 0.3) is 5.56 Å². The Hall–Kier alpha value is -1.36. The van der Waals surface area contributed by atoms with Gasteiger partial charge in [0.2, 0.25) is 0 Å². The molecule has 1 fully saturated rings. The first-order valence-corrected chi connectivity index (χ1v) is 6.69. The molecule has 2 atom stereocenters. The molecule has 5 heteroatoms. The topological polar surface area (TPSA) is 72.9 Å². The van der Waals surface area contributed by atoms with Crippen LogP contribution in [0.5, 0.6) is 0 Å². The van der Waals surface area contributed by atoms with E-state index in [2.05, 4.69) is 10.3 Å². The van der Waals surface area contributed by atoms with Crippen molar-refractivity contribution < 1.29 is 0 Å². The quantitative estimate of drug-likeness (QED) is 0.852. The van der Waals surface area contributed by atoms with E-state index in [0.29, 0.717) is 5.82 Å². The van der Waals surface area contributed by atoms with Crippen molar-refractivity contribution in [2.24, 2.45) is 5.73 Å². The number of anilines is 1. The van der Waals surface area contributed by atoms with Crippen LogP contribution in [0.2, 0.25) is 0 Å². The van der Waals surface area contributed by atoms with Crippen molar-refractivity contribution >= 4 is 5.82 Å². The highest BCUT2D eigenvalue weighted by molar-refractivity contribution is 5.33. The molecule has 2 unspecified atom stereocenters. The maximum absolute atomic E-state index is 12.2. The second kappa shape index (κ2) is 5.52. The number of rotatable bonds is 3. The van der Waals surface area contributed by atoms with E-state index in [4.69, 9.17) is 5.73 Å². The molecular weight excluding hydrogens is 228 g/mol. The monoisotopic (exact) mass is 250 g/mol. The second-order valence-corrected chi connectivity index (χ2v) is 5.28. The summed E-state index contributed by atoms with van der Waals surface area (Å²) in [6.07, 6.45) is 7.76. The Morgan fingerprint density at radius 2 is 2.17 bits per heavy atom. The van der Waals surface area contributed by atoms with Crippen LogP contribution >= 0.6 is 0 Å². The Bertz CT molecular complexity index is 455. The molecule has 18 heavy (non-hydrogen) atoms.